The molecule has 0 saturated carbocycles. The lowest BCUT2D eigenvalue weighted by Crippen LogP contribution is -2.49. The molecule has 1 saturated heterocycles. The number of piperazine rings is 1. The molecule has 0 unspecified atom stereocenters. The van der Waals surface area contributed by atoms with Crippen LogP contribution in [0.2, 0.25) is 0 Å². The van der Waals surface area contributed by atoms with E-state index in [2.05, 4.69) is 9.80 Å². The Morgan fingerprint density at radius 3 is 2.61 bits per heavy atom. The summed E-state index contributed by atoms with van der Waals surface area (Å²) in [5, 5.41) is 19.1. The average molecular weight is 324 g/mol. The lowest BCUT2D eigenvalue weighted by molar-refractivity contribution is 0.0428. The molecule has 2 heterocycles. The number of aliphatic hydroxyl groups excluding tert-OH is 2. The van der Waals surface area contributed by atoms with Crippen LogP contribution in [0.25, 0.3) is 0 Å². The summed E-state index contributed by atoms with van der Waals surface area (Å²) in [4.78, 5) is 4.45. The van der Waals surface area contributed by atoms with E-state index in [1.54, 1.807) is 6.07 Å². The Bertz CT molecular complexity index is 505. The van der Waals surface area contributed by atoms with E-state index in [1.807, 2.05) is 12.1 Å². The molecule has 0 spiro atoms. The van der Waals surface area contributed by atoms with Crippen molar-refractivity contribution in [3.8, 4) is 17.2 Å². The van der Waals surface area contributed by atoms with Crippen molar-refractivity contribution in [2.75, 3.05) is 59.3 Å². The van der Waals surface area contributed by atoms with Crippen molar-refractivity contribution in [1.29, 1.82) is 0 Å². The van der Waals surface area contributed by atoms with Crippen molar-refractivity contribution in [2.45, 2.75) is 6.10 Å². The van der Waals surface area contributed by atoms with Crippen LogP contribution >= 0.6 is 0 Å². The van der Waals surface area contributed by atoms with Gasteiger partial charge in [0.1, 0.15) is 18.5 Å². The third kappa shape index (κ3) is 4.48. The second kappa shape index (κ2) is 7.83. The van der Waals surface area contributed by atoms with Gasteiger partial charge in [-0.1, -0.05) is 0 Å². The summed E-state index contributed by atoms with van der Waals surface area (Å²) in [6.07, 6.45) is -0.537. The van der Waals surface area contributed by atoms with Gasteiger partial charge in [-0.3, -0.25) is 9.80 Å². The number of hydrogen-bond acceptors (Lipinski definition) is 7. The van der Waals surface area contributed by atoms with E-state index in [9.17, 15) is 5.11 Å². The number of β-amino-alcohol motifs (C(OH)–C–C–N with tert-alkyl or cyclic N) is 2. The number of benzene rings is 1. The maximum absolute atomic E-state index is 10.1. The highest BCUT2D eigenvalue weighted by Gasteiger charge is 2.19. The van der Waals surface area contributed by atoms with Gasteiger partial charge in [0.05, 0.1) is 6.61 Å². The number of fused-ring (bicyclic) bond motifs is 1. The molecular weight excluding hydrogens is 300 g/mol. The minimum Gasteiger partial charge on any atom is -0.491 e. The second-order valence-corrected chi connectivity index (χ2v) is 5.85. The maximum Gasteiger partial charge on any atom is 0.231 e. The highest BCUT2D eigenvalue weighted by atomic mass is 16.7. The van der Waals surface area contributed by atoms with Crippen LogP contribution in [0.1, 0.15) is 0 Å². The van der Waals surface area contributed by atoms with Crippen LogP contribution in [0.3, 0.4) is 0 Å². The molecule has 0 amide bonds. The van der Waals surface area contributed by atoms with E-state index in [0.29, 0.717) is 18.0 Å². The number of nitrogens with zero attached hydrogens (tertiary/aromatic N) is 2. The zero-order chi connectivity index (χ0) is 16.1. The van der Waals surface area contributed by atoms with Crippen LogP contribution in [0.15, 0.2) is 18.2 Å². The summed E-state index contributed by atoms with van der Waals surface area (Å²) < 4.78 is 16.2. The fourth-order valence-corrected chi connectivity index (χ4v) is 2.85. The van der Waals surface area contributed by atoms with E-state index >= 15 is 0 Å². The Labute approximate surface area is 136 Å². The summed E-state index contributed by atoms with van der Waals surface area (Å²) in [7, 11) is 0. The Hall–Kier alpha value is -1.54. The molecule has 0 radical (unpaired) electrons. The summed E-state index contributed by atoms with van der Waals surface area (Å²) in [5.41, 5.74) is 0. The highest BCUT2D eigenvalue weighted by molar-refractivity contribution is 5.46. The van der Waals surface area contributed by atoms with Crippen LogP contribution in [0, 0.1) is 0 Å². The molecule has 0 aliphatic carbocycles. The molecule has 7 nitrogen and oxygen atoms in total. The zero-order valence-corrected chi connectivity index (χ0v) is 13.2. The van der Waals surface area contributed by atoms with Gasteiger partial charge < -0.3 is 24.4 Å². The van der Waals surface area contributed by atoms with Gasteiger partial charge in [0.15, 0.2) is 11.5 Å². The molecule has 3 rings (SSSR count). The molecule has 1 aromatic rings. The lowest BCUT2D eigenvalue weighted by Gasteiger charge is -2.35. The van der Waals surface area contributed by atoms with Gasteiger partial charge >= 0.3 is 0 Å². The monoisotopic (exact) mass is 324 g/mol. The van der Waals surface area contributed by atoms with Gasteiger partial charge in [-0.25, -0.2) is 0 Å². The van der Waals surface area contributed by atoms with E-state index in [4.69, 9.17) is 19.3 Å². The van der Waals surface area contributed by atoms with Crippen LogP contribution in [0.5, 0.6) is 17.2 Å². The molecule has 0 bridgehead atoms. The Balaban J connectivity index is 1.39. The van der Waals surface area contributed by atoms with Gasteiger partial charge in [0, 0.05) is 45.3 Å². The molecule has 2 aliphatic heterocycles. The molecule has 128 valence electrons. The molecule has 0 aromatic heterocycles. The molecule has 1 aromatic carbocycles. The van der Waals surface area contributed by atoms with Crippen molar-refractivity contribution in [2.24, 2.45) is 0 Å². The molecule has 7 heteroatoms. The predicted octanol–water partition coefficient (Wildman–Crippen LogP) is -0.235. The van der Waals surface area contributed by atoms with E-state index < -0.39 is 6.10 Å². The summed E-state index contributed by atoms with van der Waals surface area (Å²) in [6.45, 7) is 5.67. The predicted molar refractivity (Wildman–Crippen MR) is 84.0 cm³/mol. The third-order valence-corrected chi connectivity index (χ3v) is 4.14. The normalized spacial score (nSPS) is 19.7. The first-order chi connectivity index (χ1) is 11.2. The largest absolute Gasteiger partial charge is 0.491 e. The highest BCUT2D eigenvalue weighted by Crippen LogP contribution is 2.35. The van der Waals surface area contributed by atoms with Crippen molar-refractivity contribution in [3.05, 3.63) is 18.2 Å². The van der Waals surface area contributed by atoms with Gasteiger partial charge in [0.2, 0.25) is 6.79 Å². The van der Waals surface area contributed by atoms with Gasteiger partial charge in [-0.05, 0) is 12.1 Å². The molecular formula is C16H24N2O5. The van der Waals surface area contributed by atoms with E-state index in [-0.39, 0.29) is 20.0 Å². The number of ether oxygens (including phenoxy) is 3. The average Bonchev–Trinajstić information content (AvgIpc) is 3.03. The van der Waals surface area contributed by atoms with Crippen molar-refractivity contribution in [3.63, 3.8) is 0 Å². The third-order valence-electron chi connectivity index (χ3n) is 4.14. The maximum atomic E-state index is 10.1. The molecule has 23 heavy (non-hydrogen) atoms. The van der Waals surface area contributed by atoms with Crippen molar-refractivity contribution in [1.82, 2.24) is 9.80 Å². The Morgan fingerprint density at radius 2 is 1.83 bits per heavy atom. The number of rotatable bonds is 7. The standard InChI is InChI=1S/C16H24N2O5/c19-8-7-17-3-5-18(6-4-17)10-13(20)11-21-14-1-2-15-16(9-14)23-12-22-15/h1-2,9,13,19-20H,3-8,10-12H2/t13-/m1/s1. The molecule has 2 aliphatic rings. The van der Waals surface area contributed by atoms with E-state index in [1.165, 1.54) is 0 Å². The van der Waals surface area contributed by atoms with Crippen LogP contribution in [-0.2, 0) is 0 Å². The summed E-state index contributed by atoms with van der Waals surface area (Å²) in [6, 6.07) is 5.40. The van der Waals surface area contributed by atoms with Crippen LogP contribution in [0.4, 0.5) is 0 Å². The van der Waals surface area contributed by atoms with E-state index in [0.717, 1.165) is 38.5 Å². The second-order valence-electron chi connectivity index (χ2n) is 5.85. The minimum atomic E-state index is -0.537. The first-order valence-electron chi connectivity index (χ1n) is 8.00. The molecule has 1 fully saturated rings. The molecule has 2 N–H and O–H groups in total. The first kappa shape index (κ1) is 16.3. The fourth-order valence-electron chi connectivity index (χ4n) is 2.85. The summed E-state index contributed by atoms with van der Waals surface area (Å²) >= 11 is 0. The molecule has 1 atom stereocenters. The summed E-state index contributed by atoms with van der Waals surface area (Å²) in [5.74, 6) is 2.07. The van der Waals surface area contributed by atoms with Gasteiger partial charge in [-0.15, -0.1) is 0 Å². The first-order valence-corrected chi connectivity index (χ1v) is 8.00. The number of hydrogen-bond donors (Lipinski definition) is 2. The van der Waals surface area contributed by atoms with Crippen LogP contribution < -0.4 is 14.2 Å². The van der Waals surface area contributed by atoms with Crippen molar-refractivity contribution >= 4 is 0 Å². The van der Waals surface area contributed by atoms with Gasteiger partial charge in [-0.2, -0.15) is 0 Å². The topological polar surface area (TPSA) is 74.6 Å². The quantitative estimate of drug-likeness (QED) is 0.717. The lowest BCUT2D eigenvalue weighted by atomic mass is 10.2. The SMILES string of the molecule is OCCN1CCN(C[C@@H](O)COc2ccc3c(c2)OCO3)CC1. The fraction of sp³-hybridized carbons (Fsp3) is 0.625. The Morgan fingerprint density at radius 1 is 1.09 bits per heavy atom. The smallest absolute Gasteiger partial charge is 0.231 e. The van der Waals surface area contributed by atoms with Crippen LogP contribution in [-0.4, -0.2) is 85.4 Å². The number of aliphatic hydroxyl groups is 2. The van der Waals surface area contributed by atoms with Crippen molar-refractivity contribution < 1.29 is 24.4 Å². The minimum absolute atomic E-state index is 0.200. The van der Waals surface area contributed by atoms with Gasteiger partial charge in [0.25, 0.3) is 0 Å². The zero-order valence-electron chi connectivity index (χ0n) is 13.2. The Kier molecular flexibility index (Phi) is 5.56.